The van der Waals surface area contributed by atoms with E-state index < -0.39 is 17.2 Å². The third-order valence-corrected chi connectivity index (χ3v) is 5.10. The van der Waals surface area contributed by atoms with Crippen LogP contribution >= 0.6 is 23.2 Å². The number of carbonyl (C=O) groups excluding carboxylic acids is 1. The van der Waals surface area contributed by atoms with Gasteiger partial charge in [0.05, 0.1) is 22.8 Å². The lowest BCUT2D eigenvalue weighted by Crippen LogP contribution is -2.42. The molecular weight excluding hydrogens is 441 g/mol. The Bertz CT molecular complexity index is 1400. The number of pyridine rings is 2. The molecule has 0 fully saturated rings. The highest BCUT2D eigenvalue weighted by atomic mass is 35.5. The number of amides is 1. The number of aromatic nitrogens is 4. The monoisotopic (exact) mass is 455 g/mol. The molecule has 0 saturated carbocycles. The lowest BCUT2D eigenvalue weighted by atomic mass is 10.2. The smallest absolute Gasteiger partial charge is 0.323 e. The van der Waals surface area contributed by atoms with E-state index in [9.17, 15) is 14.4 Å². The summed E-state index contributed by atoms with van der Waals surface area (Å²) in [6.07, 6.45) is 4.62. The van der Waals surface area contributed by atoms with E-state index in [0.717, 1.165) is 4.57 Å². The molecule has 0 spiro atoms. The molecule has 0 aliphatic rings. The van der Waals surface area contributed by atoms with Crippen molar-refractivity contribution >= 4 is 45.8 Å². The van der Waals surface area contributed by atoms with Crippen molar-refractivity contribution in [2.75, 3.05) is 5.32 Å². The molecule has 1 amide bonds. The van der Waals surface area contributed by atoms with Crippen molar-refractivity contribution in [2.45, 2.75) is 13.1 Å². The number of nitrogens with zero attached hydrogens (tertiary/aromatic N) is 4. The van der Waals surface area contributed by atoms with Crippen LogP contribution in [-0.4, -0.2) is 25.0 Å². The fourth-order valence-corrected chi connectivity index (χ4v) is 3.59. The highest BCUT2D eigenvalue weighted by Gasteiger charge is 2.17. The number of hydrogen-bond donors (Lipinski definition) is 1. The SMILES string of the molecule is O=C(Cn1c(=O)n(Cc2cccnc2)c(=O)c2ncccc21)Nc1ccc(Cl)cc1Cl. The van der Waals surface area contributed by atoms with Gasteiger partial charge in [-0.25, -0.2) is 9.78 Å². The van der Waals surface area contributed by atoms with E-state index in [1.54, 1.807) is 48.8 Å². The topological polar surface area (TPSA) is 98.9 Å². The van der Waals surface area contributed by atoms with Crippen molar-refractivity contribution in [1.29, 1.82) is 0 Å². The summed E-state index contributed by atoms with van der Waals surface area (Å²) in [6.45, 7) is -0.337. The Balaban J connectivity index is 1.75. The summed E-state index contributed by atoms with van der Waals surface area (Å²) in [7, 11) is 0. The van der Waals surface area contributed by atoms with Crippen molar-refractivity contribution in [3.8, 4) is 0 Å². The van der Waals surface area contributed by atoms with Gasteiger partial charge in [0.25, 0.3) is 5.56 Å². The van der Waals surface area contributed by atoms with Crippen LogP contribution in [-0.2, 0) is 17.9 Å². The highest BCUT2D eigenvalue weighted by Crippen LogP contribution is 2.25. The van der Waals surface area contributed by atoms with Gasteiger partial charge in [-0.15, -0.1) is 0 Å². The predicted molar refractivity (Wildman–Crippen MR) is 119 cm³/mol. The fraction of sp³-hybridized carbons (Fsp3) is 0.0952. The maximum atomic E-state index is 13.2. The first kappa shape index (κ1) is 20.8. The lowest BCUT2D eigenvalue weighted by molar-refractivity contribution is -0.116. The van der Waals surface area contributed by atoms with Crippen molar-refractivity contribution in [3.63, 3.8) is 0 Å². The predicted octanol–water partition coefficient (Wildman–Crippen LogP) is 2.95. The van der Waals surface area contributed by atoms with Crippen LogP contribution in [0, 0.1) is 0 Å². The van der Waals surface area contributed by atoms with E-state index in [1.807, 2.05) is 0 Å². The van der Waals surface area contributed by atoms with Crippen LogP contribution in [0.3, 0.4) is 0 Å². The van der Waals surface area contributed by atoms with Gasteiger partial charge in [0.15, 0.2) is 5.52 Å². The largest absolute Gasteiger partial charge is 0.332 e. The van der Waals surface area contributed by atoms with Crippen molar-refractivity contribution in [3.05, 3.63) is 97.5 Å². The zero-order valence-electron chi connectivity index (χ0n) is 16.0. The van der Waals surface area contributed by atoms with Crippen molar-refractivity contribution < 1.29 is 4.79 Å². The molecule has 0 aliphatic carbocycles. The number of hydrogen-bond acceptors (Lipinski definition) is 5. The standard InChI is InChI=1S/C21H15Cl2N5O3/c22-14-5-6-16(15(23)9-14)26-18(29)12-27-17-4-2-8-25-19(17)20(30)28(21(27)31)11-13-3-1-7-24-10-13/h1-10H,11-12H2,(H,26,29). The second-order valence-electron chi connectivity index (χ2n) is 6.66. The quantitative estimate of drug-likeness (QED) is 0.498. The van der Waals surface area contributed by atoms with Gasteiger partial charge < -0.3 is 5.32 Å². The Hall–Kier alpha value is -3.49. The van der Waals surface area contributed by atoms with E-state index in [-0.39, 0.29) is 29.1 Å². The summed E-state index contributed by atoms with van der Waals surface area (Å²) in [4.78, 5) is 46.9. The second-order valence-corrected chi connectivity index (χ2v) is 7.51. The molecule has 10 heteroatoms. The number of benzene rings is 1. The number of halogens is 2. The maximum Gasteiger partial charge on any atom is 0.332 e. The summed E-state index contributed by atoms with van der Waals surface area (Å²) in [5, 5.41) is 3.35. The Labute approximate surface area is 185 Å². The van der Waals surface area contributed by atoms with Crippen molar-refractivity contribution in [2.24, 2.45) is 0 Å². The van der Waals surface area contributed by atoms with Crippen LogP contribution in [0.25, 0.3) is 11.0 Å². The molecule has 0 bridgehead atoms. The molecule has 0 radical (unpaired) electrons. The summed E-state index contributed by atoms with van der Waals surface area (Å²) >= 11 is 12.0. The Kier molecular flexibility index (Phi) is 5.83. The van der Waals surface area contributed by atoms with Crippen LogP contribution in [0.4, 0.5) is 5.69 Å². The van der Waals surface area contributed by atoms with E-state index in [0.29, 0.717) is 16.3 Å². The average Bonchev–Trinajstić information content (AvgIpc) is 2.77. The van der Waals surface area contributed by atoms with Gasteiger partial charge in [0.2, 0.25) is 5.91 Å². The minimum atomic E-state index is -0.633. The molecular formula is C21H15Cl2N5O3. The normalized spacial score (nSPS) is 10.9. The minimum Gasteiger partial charge on any atom is -0.323 e. The number of anilines is 1. The average molecular weight is 456 g/mol. The van der Waals surface area contributed by atoms with E-state index in [4.69, 9.17) is 23.2 Å². The summed E-state index contributed by atoms with van der Waals surface area (Å²) in [5.74, 6) is -0.497. The van der Waals surface area contributed by atoms with E-state index >= 15 is 0 Å². The van der Waals surface area contributed by atoms with Gasteiger partial charge in [-0.1, -0.05) is 29.3 Å². The molecule has 0 atom stereocenters. The first-order chi connectivity index (χ1) is 14.9. The molecule has 31 heavy (non-hydrogen) atoms. The zero-order valence-corrected chi connectivity index (χ0v) is 17.5. The molecule has 1 aromatic carbocycles. The third-order valence-electron chi connectivity index (χ3n) is 4.56. The zero-order chi connectivity index (χ0) is 22.0. The molecule has 4 rings (SSSR count). The van der Waals surface area contributed by atoms with E-state index in [2.05, 4.69) is 15.3 Å². The Morgan fingerprint density at radius 2 is 1.84 bits per heavy atom. The Morgan fingerprint density at radius 3 is 2.58 bits per heavy atom. The van der Waals surface area contributed by atoms with Crippen molar-refractivity contribution in [1.82, 2.24) is 19.1 Å². The molecule has 156 valence electrons. The van der Waals surface area contributed by atoms with Crippen LogP contribution < -0.4 is 16.6 Å². The molecule has 0 unspecified atom stereocenters. The maximum absolute atomic E-state index is 13.2. The molecule has 3 heterocycles. The second kappa shape index (κ2) is 8.71. The summed E-state index contributed by atoms with van der Waals surface area (Å²) in [6, 6.07) is 11.3. The molecule has 3 aromatic heterocycles. The third kappa shape index (κ3) is 4.35. The van der Waals surface area contributed by atoms with Crippen LogP contribution in [0.2, 0.25) is 10.0 Å². The minimum absolute atomic E-state index is 0.00263. The molecule has 1 N–H and O–H groups in total. The number of carbonyl (C=O) groups is 1. The molecule has 8 nitrogen and oxygen atoms in total. The summed E-state index contributed by atoms with van der Waals surface area (Å²) in [5.41, 5.74) is 0.199. The van der Waals surface area contributed by atoms with E-state index in [1.165, 1.54) is 16.8 Å². The number of rotatable bonds is 5. The van der Waals surface area contributed by atoms with Gasteiger partial charge in [-0.3, -0.25) is 23.7 Å². The van der Waals surface area contributed by atoms with Gasteiger partial charge >= 0.3 is 5.69 Å². The van der Waals surface area contributed by atoms with Gasteiger partial charge in [0.1, 0.15) is 6.54 Å². The molecule has 4 aromatic rings. The fourth-order valence-electron chi connectivity index (χ4n) is 3.13. The van der Waals surface area contributed by atoms with Gasteiger partial charge in [0, 0.05) is 23.6 Å². The summed E-state index contributed by atoms with van der Waals surface area (Å²) < 4.78 is 2.24. The number of fused-ring (bicyclic) bond motifs is 1. The van der Waals surface area contributed by atoms with Crippen LogP contribution in [0.5, 0.6) is 0 Å². The van der Waals surface area contributed by atoms with Gasteiger partial charge in [-0.05, 0) is 42.0 Å². The van der Waals surface area contributed by atoms with Gasteiger partial charge in [-0.2, -0.15) is 0 Å². The first-order valence-corrected chi connectivity index (χ1v) is 9.92. The molecule has 0 saturated heterocycles. The number of nitrogens with one attached hydrogen (secondary N) is 1. The van der Waals surface area contributed by atoms with Crippen LogP contribution in [0.15, 0.2) is 70.6 Å². The Morgan fingerprint density at radius 1 is 1.03 bits per heavy atom. The molecule has 0 aliphatic heterocycles. The first-order valence-electron chi connectivity index (χ1n) is 9.16. The highest BCUT2D eigenvalue weighted by molar-refractivity contribution is 6.36. The lowest BCUT2D eigenvalue weighted by Gasteiger charge is -2.14. The van der Waals surface area contributed by atoms with Crippen LogP contribution in [0.1, 0.15) is 5.56 Å².